The number of sulfonamides is 1. The molecule has 7 heteroatoms. The number of fused-ring (bicyclic) bond motifs is 1. The predicted molar refractivity (Wildman–Crippen MR) is 138 cm³/mol. The molecule has 0 bridgehead atoms. The number of hydrogen-bond donors (Lipinski definition) is 1. The van der Waals surface area contributed by atoms with Crippen LogP contribution in [0.25, 0.3) is 22.0 Å². The number of nitrogens with zero attached hydrogens (tertiary/aromatic N) is 1. The first-order valence-corrected chi connectivity index (χ1v) is 13.6. The minimum atomic E-state index is -3.35. The van der Waals surface area contributed by atoms with Gasteiger partial charge in [-0.25, -0.2) is 17.1 Å². The molecule has 1 saturated heterocycles. The Balaban J connectivity index is 1.19. The summed E-state index contributed by atoms with van der Waals surface area (Å²) in [5.41, 5.74) is 4.73. The third-order valence-electron chi connectivity index (χ3n) is 6.72. The van der Waals surface area contributed by atoms with Crippen molar-refractivity contribution in [1.29, 1.82) is 0 Å². The van der Waals surface area contributed by atoms with Gasteiger partial charge in [0, 0.05) is 36.3 Å². The maximum Gasteiger partial charge on any atom is 0.214 e. The molecule has 0 atom stereocenters. The number of rotatable bonds is 8. The number of nitrogens with one attached hydrogen (secondary N) is 1. The molecule has 0 aliphatic carbocycles. The summed E-state index contributed by atoms with van der Waals surface area (Å²) in [5.74, 6) is 0.389. The van der Waals surface area contributed by atoms with Crippen molar-refractivity contribution < 1.29 is 17.5 Å². The molecule has 5 rings (SSSR count). The van der Waals surface area contributed by atoms with Gasteiger partial charge < -0.3 is 9.72 Å². The van der Waals surface area contributed by atoms with Crippen LogP contribution in [-0.2, 0) is 10.0 Å². The Morgan fingerprint density at radius 1 is 0.943 bits per heavy atom. The van der Waals surface area contributed by atoms with Crippen molar-refractivity contribution in [2.24, 2.45) is 0 Å². The lowest BCUT2D eigenvalue weighted by Gasteiger charge is -2.31. The van der Waals surface area contributed by atoms with Gasteiger partial charge in [-0.1, -0.05) is 42.5 Å². The van der Waals surface area contributed by atoms with Crippen LogP contribution in [-0.4, -0.2) is 43.2 Å². The van der Waals surface area contributed by atoms with Gasteiger partial charge in [-0.3, -0.25) is 0 Å². The Labute approximate surface area is 205 Å². The third-order valence-corrected chi connectivity index (χ3v) is 8.68. The van der Waals surface area contributed by atoms with E-state index in [1.54, 1.807) is 16.4 Å². The molecule has 1 fully saturated rings. The van der Waals surface area contributed by atoms with Gasteiger partial charge in [0.15, 0.2) is 0 Å². The number of aromatic amines is 1. The molecule has 5 nitrogen and oxygen atoms in total. The van der Waals surface area contributed by atoms with Crippen LogP contribution in [0.4, 0.5) is 4.39 Å². The van der Waals surface area contributed by atoms with E-state index >= 15 is 0 Å². The molecule has 1 aliphatic rings. The zero-order chi connectivity index (χ0) is 24.3. The van der Waals surface area contributed by atoms with Gasteiger partial charge in [0.1, 0.15) is 11.6 Å². The van der Waals surface area contributed by atoms with Crippen molar-refractivity contribution in [3.63, 3.8) is 0 Å². The van der Waals surface area contributed by atoms with Gasteiger partial charge in [0.05, 0.1) is 12.4 Å². The molecule has 0 amide bonds. The highest BCUT2D eigenvalue weighted by Gasteiger charge is 2.29. The van der Waals surface area contributed by atoms with Gasteiger partial charge in [-0.15, -0.1) is 0 Å². The molecule has 4 aromatic rings. The molecular formula is C28H29FN2O3S. The maximum absolute atomic E-state index is 13.2. The molecule has 1 N–H and O–H groups in total. The van der Waals surface area contributed by atoms with E-state index in [9.17, 15) is 12.8 Å². The Morgan fingerprint density at radius 2 is 1.74 bits per heavy atom. The number of benzene rings is 3. The van der Waals surface area contributed by atoms with E-state index in [4.69, 9.17) is 4.74 Å². The van der Waals surface area contributed by atoms with Gasteiger partial charge in [-0.2, -0.15) is 0 Å². The van der Waals surface area contributed by atoms with E-state index in [1.165, 1.54) is 34.2 Å². The molecule has 1 aliphatic heterocycles. The van der Waals surface area contributed by atoms with E-state index < -0.39 is 10.0 Å². The maximum atomic E-state index is 13.2. The van der Waals surface area contributed by atoms with Crippen LogP contribution in [0.1, 0.15) is 30.7 Å². The monoisotopic (exact) mass is 492 g/mol. The van der Waals surface area contributed by atoms with Gasteiger partial charge in [-0.05, 0) is 66.1 Å². The van der Waals surface area contributed by atoms with Crippen molar-refractivity contribution in [2.75, 3.05) is 25.4 Å². The second-order valence-corrected chi connectivity index (χ2v) is 11.1. The van der Waals surface area contributed by atoms with Crippen LogP contribution in [0.5, 0.6) is 5.75 Å². The average molecular weight is 493 g/mol. The SMILES string of the molecule is O=S(=O)(CCCOc1cccc(F)c1)N1CCC(c2c[nH]c3ccc(-c4ccccc4)cc23)CC1. The lowest BCUT2D eigenvalue weighted by molar-refractivity contribution is 0.305. The Bertz CT molecular complexity index is 1390. The minimum Gasteiger partial charge on any atom is -0.493 e. The summed E-state index contributed by atoms with van der Waals surface area (Å²) in [5, 5.41) is 1.21. The number of aromatic nitrogens is 1. The van der Waals surface area contributed by atoms with E-state index in [0.717, 1.165) is 18.4 Å². The highest BCUT2D eigenvalue weighted by molar-refractivity contribution is 7.89. The fourth-order valence-corrected chi connectivity index (χ4v) is 6.36. The van der Waals surface area contributed by atoms with E-state index in [1.807, 2.05) is 18.2 Å². The molecule has 182 valence electrons. The van der Waals surface area contributed by atoms with Crippen molar-refractivity contribution >= 4 is 20.9 Å². The summed E-state index contributed by atoms with van der Waals surface area (Å²) in [7, 11) is -3.35. The first kappa shape index (κ1) is 23.6. The molecule has 1 aromatic heterocycles. The fraction of sp³-hybridized carbons (Fsp3) is 0.286. The summed E-state index contributed by atoms with van der Waals surface area (Å²) >= 11 is 0. The molecule has 0 spiro atoms. The fourth-order valence-electron chi connectivity index (χ4n) is 4.85. The number of halogens is 1. The van der Waals surface area contributed by atoms with Crippen LogP contribution in [0.3, 0.4) is 0 Å². The molecule has 2 heterocycles. The van der Waals surface area contributed by atoms with Gasteiger partial charge in [0.25, 0.3) is 0 Å². The molecule has 0 unspecified atom stereocenters. The Morgan fingerprint density at radius 3 is 2.51 bits per heavy atom. The lowest BCUT2D eigenvalue weighted by atomic mass is 9.89. The topological polar surface area (TPSA) is 62.4 Å². The first-order valence-electron chi connectivity index (χ1n) is 12.0. The van der Waals surface area contributed by atoms with E-state index in [0.29, 0.717) is 31.2 Å². The van der Waals surface area contributed by atoms with Crippen LogP contribution >= 0.6 is 0 Å². The predicted octanol–water partition coefficient (Wildman–Crippen LogP) is 5.95. The standard InChI is InChI=1S/C28H29FN2O3S/c29-24-8-4-9-25(19-24)34-16-5-17-35(32,33)31-14-12-22(13-15-31)27-20-30-28-11-10-23(18-26(27)28)21-6-2-1-3-7-21/h1-4,6-11,18-20,22,30H,5,12-17H2. The number of H-pyrrole nitrogens is 1. The lowest BCUT2D eigenvalue weighted by Crippen LogP contribution is -2.39. The second kappa shape index (κ2) is 10.2. The van der Waals surface area contributed by atoms with Crippen molar-refractivity contribution in [3.8, 4) is 16.9 Å². The molecule has 0 saturated carbocycles. The summed E-state index contributed by atoms with van der Waals surface area (Å²) < 4.78 is 46.1. The first-order chi connectivity index (χ1) is 17.0. The zero-order valence-corrected chi connectivity index (χ0v) is 20.3. The quantitative estimate of drug-likeness (QED) is 0.309. The summed E-state index contributed by atoms with van der Waals surface area (Å²) in [6, 6.07) is 22.7. The van der Waals surface area contributed by atoms with Crippen LogP contribution in [0.15, 0.2) is 79.0 Å². The highest BCUT2D eigenvalue weighted by atomic mass is 32.2. The minimum absolute atomic E-state index is 0.0283. The van der Waals surface area contributed by atoms with Crippen molar-refractivity contribution in [2.45, 2.75) is 25.2 Å². The van der Waals surface area contributed by atoms with Crippen LogP contribution in [0, 0.1) is 5.82 Å². The number of hydrogen-bond acceptors (Lipinski definition) is 3. The van der Waals surface area contributed by atoms with Crippen molar-refractivity contribution in [1.82, 2.24) is 9.29 Å². The molecule has 3 aromatic carbocycles. The normalized spacial score (nSPS) is 15.5. The average Bonchev–Trinajstić information content (AvgIpc) is 3.31. The third kappa shape index (κ3) is 5.41. The highest BCUT2D eigenvalue weighted by Crippen LogP contribution is 2.35. The Kier molecular flexibility index (Phi) is 6.88. The van der Waals surface area contributed by atoms with Crippen molar-refractivity contribution in [3.05, 3.63) is 90.4 Å². The zero-order valence-electron chi connectivity index (χ0n) is 19.5. The number of piperidine rings is 1. The van der Waals surface area contributed by atoms with Crippen LogP contribution in [0.2, 0.25) is 0 Å². The summed E-state index contributed by atoms with van der Waals surface area (Å²) in [6.07, 6.45) is 4.03. The van der Waals surface area contributed by atoms with E-state index in [2.05, 4.69) is 41.5 Å². The molecule has 35 heavy (non-hydrogen) atoms. The molecule has 0 radical (unpaired) electrons. The largest absolute Gasteiger partial charge is 0.493 e. The van der Waals surface area contributed by atoms with E-state index in [-0.39, 0.29) is 18.2 Å². The van der Waals surface area contributed by atoms with Gasteiger partial charge >= 0.3 is 0 Å². The molecular weight excluding hydrogens is 463 g/mol. The van der Waals surface area contributed by atoms with Crippen LogP contribution < -0.4 is 4.74 Å². The second-order valence-electron chi connectivity index (χ2n) is 9.02. The smallest absolute Gasteiger partial charge is 0.214 e. The van der Waals surface area contributed by atoms with Gasteiger partial charge in [0.2, 0.25) is 10.0 Å². The summed E-state index contributed by atoms with van der Waals surface area (Å²) in [6.45, 7) is 1.27. The number of ether oxygens (including phenoxy) is 1. The summed E-state index contributed by atoms with van der Waals surface area (Å²) in [4.78, 5) is 3.39. The Hall–Kier alpha value is -3.16.